The van der Waals surface area contributed by atoms with Crippen LogP contribution in [0.3, 0.4) is 0 Å². The second-order valence-electron chi connectivity index (χ2n) is 4.15. The van der Waals surface area contributed by atoms with Gasteiger partial charge in [-0.25, -0.2) is 22.0 Å². The van der Waals surface area contributed by atoms with Crippen LogP contribution in [0, 0.1) is 29.1 Å². The van der Waals surface area contributed by atoms with Crippen molar-refractivity contribution in [1.29, 1.82) is 0 Å². The molecule has 0 bridgehead atoms. The van der Waals surface area contributed by atoms with Crippen molar-refractivity contribution in [2.45, 2.75) is 19.8 Å². The molecule has 0 unspecified atom stereocenters. The number of hydrazone groups is 1. The van der Waals surface area contributed by atoms with Crippen molar-refractivity contribution < 1.29 is 22.0 Å². The van der Waals surface area contributed by atoms with Gasteiger partial charge in [-0.1, -0.05) is 5.57 Å². The molecular weight excluding hydrogens is 267 g/mol. The SMILES string of the molecule is CC1=C/C(=N/Nc2c(F)c(F)c(F)c(F)c2F)CC1. The Labute approximate surface area is 105 Å². The number of anilines is 1. The minimum atomic E-state index is -2.19. The second-order valence-corrected chi connectivity index (χ2v) is 4.15. The lowest BCUT2D eigenvalue weighted by atomic mass is 10.2. The first-order valence-electron chi connectivity index (χ1n) is 5.43. The van der Waals surface area contributed by atoms with Crippen LogP contribution < -0.4 is 5.43 Å². The smallest absolute Gasteiger partial charge is 0.200 e. The van der Waals surface area contributed by atoms with Crippen LogP contribution >= 0.6 is 0 Å². The lowest BCUT2D eigenvalue weighted by Gasteiger charge is -2.07. The van der Waals surface area contributed by atoms with Gasteiger partial charge in [-0.2, -0.15) is 5.10 Å². The normalized spacial score (nSPS) is 16.9. The van der Waals surface area contributed by atoms with E-state index < -0.39 is 34.8 Å². The van der Waals surface area contributed by atoms with E-state index >= 15 is 0 Å². The largest absolute Gasteiger partial charge is 0.272 e. The molecule has 0 aliphatic heterocycles. The summed E-state index contributed by atoms with van der Waals surface area (Å²) in [4.78, 5) is 0. The molecule has 0 amide bonds. The number of rotatable bonds is 2. The van der Waals surface area contributed by atoms with Gasteiger partial charge in [0.05, 0.1) is 5.71 Å². The van der Waals surface area contributed by atoms with E-state index in [1.165, 1.54) is 0 Å². The summed E-state index contributed by atoms with van der Waals surface area (Å²) in [6, 6.07) is 0. The fraction of sp³-hybridized carbons (Fsp3) is 0.250. The van der Waals surface area contributed by atoms with Gasteiger partial charge in [0.2, 0.25) is 5.82 Å². The number of nitrogens with one attached hydrogen (secondary N) is 1. The molecule has 1 aliphatic rings. The number of halogens is 5. The van der Waals surface area contributed by atoms with Gasteiger partial charge in [0.1, 0.15) is 5.69 Å². The van der Waals surface area contributed by atoms with Crippen LogP contribution in [0.1, 0.15) is 19.8 Å². The molecule has 0 fully saturated rings. The molecule has 19 heavy (non-hydrogen) atoms. The van der Waals surface area contributed by atoms with Gasteiger partial charge in [0.25, 0.3) is 0 Å². The minimum Gasteiger partial charge on any atom is -0.272 e. The summed E-state index contributed by atoms with van der Waals surface area (Å²) in [5.74, 6) is -10.1. The summed E-state index contributed by atoms with van der Waals surface area (Å²) in [6.07, 6.45) is 2.98. The van der Waals surface area contributed by atoms with Crippen molar-refractivity contribution in [1.82, 2.24) is 0 Å². The number of hydrogen-bond donors (Lipinski definition) is 1. The molecule has 7 heteroatoms. The van der Waals surface area contributed by atoms with Crippen LogP contribution in [0.2, 0.25) is 0 Å². The predicted molar refractivity (Wildman–Crippen MR) is 60.3 cm³/mol. The fourth-order valence-corrected chi connectivity index (χ4v) is 1.67. The summed E-state index contributed by atoms with van der Waals surface area (Å²) >= 11 is 0. The maximum atomic E-state index is 13.3. The minimum absolute atomic E-state index is 0.487. The zero-order chi connectivity index (χ0) is 14.2. The molecule has 2 nitrogen and oxygen atoms in total. The topological polar surface area (TPSA) is 24.4 Å². The van der Waals surface area contributed by atoms with Crippen molar-refractivity contribution in [2.75, 3.05) is 5.43 Å². The molecule has 1 aromatic carbocycles. The quantitative estimate of drug-likeness (QED) is 0.377. The van der Waals surface area contributed by atoms with Crippen molar-refractivity contribution >= 4 is 11.4 Å². The molecule has 1 aliphatic carbocycles. The Morgan fingerprint density at radius 3 is 1.89 bits per heavy atom. The Morgan fingerprint density at radius 2 is 1.42 bits per heavy atom. The first kappa shape index (κ1) is 13.5. The van der Waals surface area contributed by atoms with E-state index in [4.69, 9.17) is 0 Å². The Balaban J connectivity index is 2.36. The number of nitrogens with zero attached hydrogens (tertiary/aromatic N) is 1. The standard InChI is InChI=1S/C12H9F5N2/c1-5-2-3-6(4-5)18-19-12-10(16)8(14)7(13)9(15)11(12)17/h4,19H,2-3H2,1H3/b18-6+. The Bertz CT molecular complexity index is 563. The summed E-state index contributed by atoms with van der Waals surface area (Å²) in [6.45, 7) is 1.85. The molecule has 0 radical (unpaired) electrons. The van der Waals surface area contributed by atoms with Gasteiger partial charge >= 0.3 is 0 Å². The molecule has 0 saturated heterocycles. The third-order valence-electron chi connectivity index (χ3n) is 2.71. The van der Waals surface area contributed by atoms with E-state index in [9.17, 15) is 22.0 Å². The van der Waals surface area contributed by atoms with Gasteiger partial charge < -0.3 is 0 Å². The highest BCUT2D eigenvalue weighted by Gasteiger charge is 2.25. The van der Waals surface area contributed by atoms with E-state index in [2.05, 4.69) is 5.10 Å². The first-order valence-corrected chi connectivity index (χ1v) is 5.43. The molecular formula is C12H9F5N2. The van der Waals surface area contributed by atoms with Crippen LogP contribution in [-0.4, -0.2) is 5.71 Å². The monoisotopic (exact) mass is 276 g/mol. The molecule has 0 atom stereocenters. The van der Waals surface area contributed by atoms with Crippen LogP contribution in [0.25, 0.3) is 0 Å². The highest BCUT2D eigenvalue weighted by Crippen LogP contribution is 2.27. The number of hydrogen-bond acceptors (Lipinski definition) is 2. The van der Waals surface area contributed by atoms with Crippen LogP contribution in [0.5, 0.6) is 0 Å². The third-order valence-corrected chi connectivity index (χ3v) is 2.71. The second kappa shape index (κ2) is 4.99. The average Bonchev–Trinajstić information content (AvgIpc) is 2.80. The van der Waals surface area contributed by atoms with Crippen molar-refractivity contribution in [3.8, 4) is 0 Å². The van der Waals surface area contributed by atoms with E-state index in [1.807, 2.05) is 12.3 Å². The Kier molecular flexibility index (Phi) is 3.55. The van der Waals surface area contributed by atoms with Crippen LogP contribution in [-0.2, 0) is 0 Å². The summed E-state index contributed by atoms with van der Waals surface area (Å²) in [5, 5.41) is 3.63. The molecule has 0 spiro atoms. The van der Waals surface area contributed by atoms with Crippen LogP contribution in [0.4, 0.5) is 27.6 Å². The van der Waals surface area contributed by atoms with Crippen molar-refractivity contribution in [3.05, 3.63) is 40.7 Å². The zero-order valence-corrected chi connectivity index (χ0v) is 9.83. The van der Waals surface area contributed by atoms with Crippen molar-refractivity contribution in [2.24, 2.45) is 5.10 Å². The number of benzene rings is 1. The molecule has 2 rings (SSSR count). The van der Waals surface area contributed by atoms with Gasteiger partial charge in [-0.05, 0) is 25.8 Å². The molecule has 0 aromatic heterocycles. The van der Waals surface area contributed by atoms with Gasteiger partial charge in [0.15, 0.2) is 23.3 Å². The predicted octanol–water partition coefficient (Wildman–Crippen LogP) is 3.89. The van der Waals surface area contributed by atoms with E-state index in [0.29, 0.717) is 12.1 Å². The highest BCUT2D eigenvalue weighted by atomic mass is 19.2. The van der Waals surface area contributed by atoms with E-state index in [1.54, 1.807) is 6.08 Å². The lowest BCUT2D eigenvalue weighted by Crippen LogP contribution is -2.07. The zero-order valence-electron chi connectivity index (χ0n) is 9.83. The van der Waals surface area contributed by atoms with Gasteiger partial charge in [-0.3, -0.25) is 5.43 Å². The fourth-order valence-electron chi connectivity index (χ4n) is 1.67. The van der Waals surface area contributed by atoms with Gasteiger partial charge in [0, 0.05) is 0 Å². The maximum absolute atomic E-state index is 13.3. The lowest BCUT2D eigenvalue weighted by molar-refractivity contribution is 0.381. The van der Waals surface area contributed by atoms with Gasteiger partial charge in [-0.15, -0.1) is 0 Å². The van der Waals surface area contributed by atoms with E-state index in [0.717, 1.165) is 12.0 Å². The number of allylic oxidation sites excluding steroid dienone is 2. The molecule has 1 aromatic rings. The average molecular weight is 276 g/mol. The Hall–Kier alpha value is -1.92. The Morgan fingerprint density at radius 1 is 0.895 bits per heavy atom. The summed E-state index contributed by atoms with van der Waals surface area (Å²) in [7, 11) is 0. The molecule has 0 saturated carbocycles. The maximum Gasteiger partial charge on any atom is 0.200 e. The highest BCUT2D eigenvalue weighted by molar-refractivity contribution is 5.98. The molecule has 0 heterocycles. The third kappa shape index (κ3) is 2.45. The summed E-state index contributed by atoms with van der Waals surface area (Å²) in [5.41, 5.74) is 2.26. The molecule has 1 N–H and O–H groups in total. The van der Waals surface area contributed by atoms with Crippen LogP contribution in [0.15, 0.2) is 16.8 Å². The molecule has 102 valence electrons. The van der Waals surface area contributed by atoms with Crippen molar-refractivity contribution in [3.63, 3.8) is 0 Å². The van der Waals surface area contributed by atoms with E-state index in [-0.39, 0.29) is 0 Å². The summed E-state index contributed by atoms with van der Waals surface area (Å²) < 4.78 is 65.2. The first-order chi connectivity index (χ1) is 8.91.